The average Bonchev–Trinajstić information content (AvgIpc) is 3.56. The quantitative estimate of drug-likeness (QED) is 0.0665. The molecule has 294 valence electrons. The first-order chi connectivity index (χ1) is 27.0. The number of rotatable bonds is 15. The molecule has 1 aliphatic rings. The number of nitrogens with zero attached hydrogens (tertiary/aromatic N) is 1. The standard InChI is InChI=1S/C41H44N4O9S2/c1-7-34(39(49)44-40-36(41(50)54-8-2)29-17-18-45(24(3)46)23-35(29)56-40)55-28-16-12-15-27(21-28)42-38(48)30(43-37(47)25-13-10-9-11-14-25)19-26-20-32(52-5)33(53-6)22-31(26)51-4/h9-16,19-22,34H,7-8,17-18,23H2,1-6H3,(H,42,48)(H,43,47)(H,44,49)/b30-19+. The Balaban J connectivity index is 1.38. The van der Waals surface area contributed by atoms with Gasteiger partial charge in [0.25, 0.3) is 11.8 Å². The maximum Gasteiger partial charge on any atom is 0.341 e. The van der Waals surface area contributed by atoms with Gasteiger partial charge in [0.1, 0.15) is 16.4 Å². The van der Waals surface area contributed by atoms with Crippen molar-refractivity contribution in [1.29, 1.82) is 0 Å². The summed E-state index contributed by atoms with van der Waals surface area (Å²) in [4.78, 5) is 69.4. The fraction of sp³-hybridized carbons (Fsp3) is 0.293. The second-order valence-electron chi connectivity index (χ2n) is 12.4. The number of amides is 4. The van der Waals surface area contributed by atoms with Gasteiger partial charge in [-0.3, -0.25) is 19.2 Å². The van der Waals surface area contributed by atoms with Gasteiger partial charge < -0.3 is 39.8 Å². The number of carbonyl (C=O) groups excluding carboxylic acids is 5. The van der Waals surface area contributed by atoms with Crippen molar-refractivity contribution in [3.63, 3.8) is 0 Å². The Bertz CT molecular complexity index is 2130. The molecular weight excluding hydrogens is 757 g/mol. The molecule has 1 atom stereocenters. The normalized spacial score (nSPS) is 12.8. The zero-order chi connectivity index (χ0) is 40.4. The van der Waals surface area contributed by atoms with Crippen molar-refractivity contribution in [2.75, 3.05) is 45.1 Å². The number of fused-ring (bicyclic) bond motifs is 1. The summed E-state index contributed by atoms with van der Waals surface area (Å²) in [6.07, 6.45) is 2.42. The molecule has 4 aromatic rings. The third-order valence-corrected chi connectivity index (χ3v) is 11.3. The van der Waals surface area contributed by atoms with Gasteiger partial charge in [0, 0.05) is 46.1 Å². The Morgan fingerprint density at radius 1 is 0.893 bits per heavy atom. The molecule has 0 bridgehead atoms. The maximum atomic E-state index is 13.9. The zero-order valence-electron chi connectivity index (χ0n) is 32.0. The van der Waals surface area contributed by atoms with Crippen molar-refractivity contribution in [2.45, 2.75) is 50.3 Å². The van der Waals surface area contributed by atoms with E-state index in [4.69, 9.17) is 18.9 Å². The fourth-order valence-corrected chi connectivity index (χ4v) is 8.24. The van der Waals surface area contributed by atoms with Crippen LogP contribution in [0.4, 0.5) is 10.7 Å². The first-order valence-electron chi connectivity index (χ1n) is 17.8. The molecule has 0 fully saturated rings. The summed E-state index contributed by atoms with van der Waals surface area (Å²) in [6, 6.07) is 18.7. The molecule has 3 N–H and O–H groups in total. The minimum Gasteiger partial charge on any atom is -0.496 e. The number of ether oxygens (including phenoxy) is 4. The monoisotopic (exact) mass is 800 g/mol. The molecule has 1 aliphatic heterocycles. The van der Waals surface area contributed by atoms with Gasteiger partial charge >= 0.3 is 5.97 Å². The summed E-state index contributed by atoms with van der Waals surface area (Å²) in [5.74, 6) is -0.811. The van der Waals surface area contributed by atoms with Crippen LogP contribution in [0.1, 0.15) is 63.9 Å². The molecule has 15 heteroatoms. The predicted molar refractivity (Wildman–Crippen MR) is 217 cm³/mol. The summed E-state index contributed by atoms with van der Waals surface area (Å²) in [7, 11) is 4.46. The third-order valence-electron chi connectivity index (χ3n) is 8.82. The van der Waals surface area contributed by atoms with Crippen LogP contribution in [0.15, 0.2) is 77.3 Å². The summed E-state index contributed by atoms with van der Waals surface area (Å²) in [5.41, 5.74) is 2.27. The van der Waals surface area contributed by atoms with E-state index in [-0.39, 0.29) is 24.1 Å². The maximum absolute atomic E-state index is 13.9. The summed E-state index contributed by atoms with van der Waals surface area (Å²) < 4.78 is 21.8. The van der Waals surface area contributed by atoms with Gasteiger partial charge in [-0.1, -0.05) is 31.2 Å². The van der Waals surface area contributed by atoms with E-state index in [2.05, 4.69) is 16.0 Å². The van der Waals surface area contributed by atoms with E-state index >= 15 is 0 Å². The molecule has 2 heterocycles. The van der Waals surface area contributed by atoms with Gasteiger partial charge in [0.05, 0.1) is 45.3 Å². The summed E-state index contributed by atoms with van der Waals surface area (Å²) in [5, 5.41) is 8.40. The molecule has 4 amide bonds. The number of benzene rings is 3. The van der Waals surface area contributed by atoms with E-state index in [0.717, 1.165) is 10.4 Å². The highest BCUT2D eigenvalue weighted by molar-refractivity contribution is 8.00. The van der Waals surface area contributed by atoms with E-state index in [9.17, 15) is 24.0 Å². The van der Waals surface area contributed by atoms with E-state index in [1.165, 1.54) is 57.4 Å². The van der Waals surface area contributed by atoms with Gasteiger partial charge in [-0.05, 0) is 67.8 Å². The number of esters is 1. The van der Waals surface area contributed by atoms with Crippen LogP contribution in [0, 0.1) is 0 Å². The average molecular weight is 801 g/mol. The van der Waals surface area contributed by atoms with Crippen molar-refractivity contribution < 1.29 is 42.9 Å². The number of anilines is 2. The van der Waals surface area contributed by atoms with Crippen LogP contribution >= 0.6 is 23.1 Å². The van der Waals surface area contributed by atoms with Crippen molar-refractivity contribution in [3.8, 4) is 17.2 Å². The predicted octanol–water partition coefficient (Wildman–Crippen LogP) is 6.77. The van der Waals surface area contributed by atoms with Crippen molar-refractivity contribution in [2.24, 2.45) is 0 Å². The highest BCUT2D eigenvalue weighted by Gasteiger charge is 2.31. The molecule has 5 rings (SSSR count). The van der Waals surface area contributed by atoms with Crippen molar-refractivity contribution in [1.82, 2.24) is 10.2 Å². The van der Waals surface area contributed by atoms with Gasteiger partial charge in [0.2, 0.25) is 11.8 Å². The Kier molecular flexibility index (Phi) is 14.2. The number of methoxy groups -OCH3 is 3. The number of hydrogen-bond acceptors (Lipinski definition) is 11. The van der Waals surface area contributed by atoms with E-state index in [1.807, 2.05) is 13.0 Å². The number of hydrogen-bond donors (Lipinski definition) is 3. The fourth-order valence-electron chi connectivity index (χ4n) is 5.97. The lowest BCUT2D eigenvalue weighted by Gasteiger charge is -2.25. The summed E-state index contributed by atoms with van der Waals surface area (Å²) in [6.45, 7) is 6.12. The minimum absolute atomic E-state index is 0.0597. The lowest BCUT2D eigenvalue weighted by atomic mass is 10.0. The van der Waals surface area contributed by atoms with Crippen LogP contribution < -0.4 is 30.2 Å². The highest BCUT2D eigenvalue weighted by atomic mass is 32.2. The topological polar surface area (TPSA) is 162 Å². The first kappa shape index (κ1) is 41.4. The minimum atomic E-state index is -0.616. The Morgan fingerprint density at radius 3 is 2.27 bits per heavy atom. The Labute approximate surface area is 333 Å². The Morgan fingerprint density at radius 2 is 1.61 bits per heavy atom. The van der Waals surface area contributed by atoms with Crippen molar-refractivity contribution >= 4 is 69.5 Å². The summed E-state index contributed by atoms with van der Waals surface area (Å²) >= 11 is 2.58. The molecule has 0 aliphatic carbocycles. The molecule has 13 nitrogen and oxygen atoms in total. The first-order valence-corrected chi connectivity index (χ1v) is 19.5. The second kappa shape index (κ2) is 19.2. The van der Waals surface area contributed by atoms with Crippen molar-refractivity contribution in [3.05, 3.63) is 99.6 Å². The molecule has 1 aromatic heterocycles. The molecule has 1 unspecified atom stereocenters. The molecule has 3 aromatic carbocycles. The number of thiophene rings is 1. The SMILES string of the molecule is CCOC(=O)c1c(NC(=O)C(CC)Sc2cccc(NC(=O)/C(=C\c3cc(OC)c(OC)cc3OC)NC(=O)c3ccccc3)c2)sc2c1CCN(C(C)=O)C2. The van der Waals surface area contributed by atoms with Gasteiger partial charge in [0.15, 0.2) is 11.5 Å². The largest absolute Gasteiger partial charge is 0.496 e. The van der Waals surface area contributed by atoms with Crippen LogP contribution in [0.3, 0.4) is 0 Å². The van der Waals surface area contributed by atoms with Crippen LogP contribution in [0.5, 0.6) is 17.2 Å². The number of nitrogens with one attached hydrogen (secondary N) is 3. The number of thioether (sulfide) groups is 1. The highest BCUT2D eigenvalue weighted by Crippen LogP contribution is 2.39. The smallest absolute Gasteiger partial charge is 0.341 e. The zero-order valence-corrected chi connectivity index (χ0v) is 33.6. The molecule has 0 spiro atoms. The van der Waals surface area contributed by atoms with E-state index in [1.54, 1.807) is 72.5 Å². The number of carbonyl (C=O) groups is 5. The van der Waals surface area contributed by atoms with Crippen LogP contribution in [0.25, 0.3) is 6.08 Å². The molecular formula is C41H44N4O9S2. The lowest BCUT2D eigenvalue weighted by molar-refractivity contribution is -0.129. The van der Waals surface area contributed by atoms with Gasteiger partial charge in [-0.15, -0.1) is 23.1 Å². The van der Waals surface area contributed by atoms with Gasteiger partial charge in [-0.25, -0.2) is 4.79 Å². The second-order valence-corrected chi connectivity index (χ2v) is 14.8. The molecule has 0 saturated carbocycles. The van der Waals surface area contributed by atoms with Crippen LogP contribution in [-0.4, -0.2) is 74.2 Å². The van der Waals surface area contributed by atoms with Gasteiger partial charge in [-0.2, -0.15) is 0 Å². The third kappa shape index (κ3) is 9.89. The lowest BCUT2D eigenvalue weighted by Crippen LogP contribution is -2.34. The molecule has 0 saturated heterocycles. The van der Waals surface area contributed by atoms with Crippen LogP contribution in [0.2, 0.25) is 0 Å². The molecule has 0 radical (unpaired) electrons. The Hall–Kier alpha value is -5.80. The van der Waals surface area contributed by atoms with Crippen LogP contribution in [-0.2, 0) is 32.1 Å². The van der Waals surface area contributed by atoms with E-state index in [0.29, 0.717) is 75.5 Å². The molecule has 56 heavy (non-hydrogen) atoms. The van der Waals surface area contributed by atoms with E-state index < -0.39 is 23.0 Å².